The van der Waals surface area contributed by atoms with E-state index in [0.717, 1.165) is 18.5 Å². The van der Waals surface area contributed by atoms with Crippen molar-refractivity contribution in [2.45, 2.75) is 26.8 Å². The van der Waals surface area contributed by atoms with Gasteiger partial charge in [-0.25, -0.2) is 0 Å². The monoisotopic (exact) mass is 406 g/mol. The summed E-state index contributed by atoms with van der Waals surface area (Å²) in [6.07, 6.45) is 5.13. The van der Waals surface area contributed by atoms with E-state index in [9.17, 15) is 4.79 Å². The van der Waals surface area contributed by atoms with E-state index in [1.54, 1.807) is 4.90 Å². The lowest BCUT2D eigenvalue weighted by atomic mass is 10.1. The van der Waals surface area contributed by atoms with E-state index >= 15 is 0 Å². The molecule has 0 atom stereocenters. The van der Waals surface area contributed by atoms with Crippen LogP contribution in [-0.2, 0) is 17.8 Å². The number of aromatic nitrogens is 1. The first-order valence-electron chi connectivity index (χ1n) is 9.52. The van der Waals surface area contributed by atoms with Crippen LogP contribution in [0.3, 0.4) is 0 Å². The summed E-state index contributed by atoms with van der Waals surface area (Å²) >= 11 is 6.75. The third kappa shape index (κ3) is 3.40. The molecule has 0 aliphatic carbocycles. The number of nitrogens with zero attached hydrogens (tertiary/aromatic N) is 2. The van der Waals surface area contributed by atoms with Gasteiger partial charge in [0.1, 0.15) is 4.32 Å². The van der Waals surface area contributed by atoms with Crippen LogP contribution in [0.25, 0.3) is 17.0 Å². The number of thiocarbonyl (C=S) groups is 1. The minimum Gasteiger partial charge on any atom is -0.342 e. The second-order valence-corrected chi connectivity index (χ2v) is 8.47. The summed E-state index contributed by atoms with van der Waals surface area (Å²) < 4.78 is 2.94. The summed E-state index contributed by atoms with van der Waals surface area (Å²) in [6, 6.07) is 16.9. The molecule has 28 heavy (non-hydrogen) atoms. The van der Waals surface area contributed by atoms with Crippen LogP contribution in [0.2, 0.25) is 0 Å². The van der Waals surface area contributed by atoms with Gasteiger partial charge >= 0.3 is 0 Å². The number of aryl methyl sites for hydroxylation is 1. The lowest BCUT2D eigenvalue weighted by molar-refractivity contribution is -0.121. The maximum atomic E-state index is 12.7. The summed E-state index contributed by atoms with van der Waals surface area (Å²) in [7, 11) is 0. The minimum atomic E-state index is 0.00751. The molecule has 1 aliphatic rings. The molecule has 1 aliphatic heterocycles. The highest BCUT2D eigenvalue weighted by atomic mass is 32.2. The van der Waals surface area contributed by atoms with Crippen LogP contribution in [0.1, 0.15) is 30.5 Å². The van der Waals surface area contributed by atoms with Crippen LogP contribution in [-0.4, -0.2) is 26.2 Å². The highest BCUT2D eigenvalue weighted by molar-refractivity contribution is 8.26. The van der Waals surface area contributed by atoms with Crippen LogP contribution in [0.15, 0.2) is 59.6 Å². The Kier molecular flexibility index (Phi) is 5.38. The number of fused-ring (bicyclic) bond motifs is 1. The van der Waals surface area contributed by atoms with Crippen LogP contribution in [0.4, 0.5) is 0 Å². The van der Waals surface area contributed by atoms with Gasteiger partial charge in [0.2, 0.25) is 0 Å². The smallest absolute Gasteiger partial charge is 0.266 e. The molecule has 4 rings (SSSR count). The molecule has 0 unspecified atom stereocenters. The Labute approximate surface area is 175 Å². The first kappa shape index (κ1) is 19.0. The average molecular weight is 407 g/mol. The van der Waals surface area contributed by atoms with Gasteiger partial charge in [0.15, 0.2) is 0 Å². The molecule has 0 spiro atoms. The summed E-state index contributed by atoms with van der Waals surface area (Å²) in [5.74, 6) is 0.00751. The summed E-state index contributed by atoms with van der Waals surface area (Å²) in [4.78, 5) is 15.0. The van der Waals surface area contributed by atoms with Gasteiger partial charge in [-0.3, -0.25) is 9.69 Å². The molecule has 5 heteroatoms. The van der Waals surface area contributed by atoms with E-state index in [1.165, 1.54) is 33.8 Å². The molecule has 2 heterocycles. The lowest BCUT2D eigenvalue weighted by Gasteiger charge is -2.09. The van der Waals surface area contributed by atoms with Crippen molar-refractivity contribution >= 4 is 51.2 Å². The predicted octanol–water partition coefficient (Wildman–Crippen LogP) is 5.47. The van der Waals surface area contributed by atoms with Crippen molar-refractivity contribution in [1.29, 1.82) is 0 Å². The topological polar surface area (TPSA) is 25.2 Å². The maximum Gasteiger partial charge on any atom is 0.266 e. The van der Waals surface area contributed by atoms with Gasteiger partial charge in [-0.1, -0.05) is 79.4 Å². The largest absolute Gasteiger partial charge is 0.342 e. The zero-order valence-corrected chi connectivity index (χ0v) is 17.6. The zero-order chi connectivity index (χ0) is 19.7. The molecule has 0 radical (unpaired) electrons. The fraction of sp³-hybridized carbons (Fsp3) is 0.217. The van der Waals surface area contributed by atoms with Gasteiger partial charge in [0, 0.05) is 30.2 Å². The number of likely N-dealkylation sites (N-methyl/N-ethyl adjacent to an activating group) is 1. The molecule has 0 N–H and O–H groups in total. The van der Waals surface area contributed by atoms with Gasteiger partial charge < -0.3 is 4.57 Å². The molecule has 0 bridgehead atoms. The van der Waals surface area contributed by atoms with Crippen LogP contribution in [0.5, 0.6) is 0 Å². The molecule has 1 amide bonds. The van der Waals surface area contributed by atoms with Crippen molar-refractivity contribution in [3.63, 3.8) is 0 Å². The highest BCUT2D eigenvalue weighted by Crippen LogP contribution is 2.35. The predicted molar refractivity (Wildman–Crippen MR) is 122 cm³/mol. The first-order valence-corrected chi connectivity index (χ1v) is 10.7. The Bertz CT molecular complexity index is 1080. The molecule has 142 valence electrons. The summed E-state index contributed by atoms with van der Waals surface area (Å²) in [5.41, 5.74) is 4.88. The molecule has 1 fully saturated rings. The fourth-order valence-corrected chi connectivity index (χ4v) is 5.06. The number of benzene rings is 2. The SMILES string of the molecule is CCc1cccc2c(/C=C3\SC(=S)N(CC)C3=O)cn(Cc3ccccc3)c12. The van der Waals surface area contributed by atoms with E-state index in [2.05, 4.69) is 60.2 Å². The van der Waals surface area contributed by atoms with Crippen molar-refractivity contribution < 1.29 is 4.79 Å². The normalized spacial score (nSPS) is 15.9. The lowest BCUT2D eigenvalue weighted by Crippen LogP contribution is -2.27. The number of hydrogen-bond donors (Lipinski definition) is 0. The molecule has 0 saturated carbocycles. The van der Waals surface area contributed by atoms with E-state index in [1.807, 2.05) is 19.1 Å². The van der Waals surface area contributed by atoms with Gasteiger partial charge in [-0.15, -0.1) is 0 Å². The van der Waals surface area contributed by atoms with Crippen LogP contribution in [0, 0.1) is 0 Å². The number of rotatable bonds is 5. The maximum absolute atomic E-state index is 12.7. The summed E-state index contributed by atoms with van der Waals surface area (Å²) in [5, 5.41) is 1.18. The number of carbonyl (C=O) groups excluding carboxylic acids is 1. The van der Waals surface area contributed by atoms with Gasteiger partial charge in [0.05, 0.1) is 10.4 Å². The molecular formula is C23H22N2OS2. The fourth-order valence-electron chi connectivity index (χ4n) is 3.68. The number of amides is 1. The molecular weight excluding hydrogens is 384 g/mol. The van der Waals surface area contributed by atoms with E-state index in [0.29, 0.717) is 15.8 Å². The first-order chi connectivity index (χ1) is 13.6. The third-order valence-corrected chi connectivity index (χ3v) is 6.44. The highest BCUT2D eigenvalue weighted by Gasteiger charge is 2.30. The Balaban J connectivity index is 1.83. The second-order valence-electron chi connectivity index (χ2n) is 6.79. The summed E-state index contributed by atoms with van der Waals surface area (Å²) in [6.45, 7) is 5.55. The quantitative estimate of drug-likeness (QED) is 0.415. The van der Waals surface area contributed by atoms with Crippen molar-refractivity contribution in [3.8, 4) is 0 Å². The van der Waals surface area contributed by atoms with E-state index < -0.39 is 0 Å². The van der Waals surface area contributed by atoms with Crippen molar-refractivity contribution in [3.05, 3.63) is 76.3 Å². The zero-order valence-electron chi connectivity index (χ0n) is 16.0. The van der Waals surface area contributed by atoms with Gasteiger partial charge in [-0.05, 0) is 30.5 Å². The van der Waals surface area contributed by atoms with Crippen LogP contribution >= 0.6 is 24.0 Å². The van der Waals surface area contributed by atoms with Gasteiger partial charge in [-0.2, -0.15) is 0 Å². The standard InChI is InChI=1S/C23H22N2OS2/c1-3-17-11-8-12-19-18(13-20-22(26)25(4-2)23(27)28-20)15-24(21(17)19)14-16-9-6-5-7-10-16/h5-13,15H,3-4,14H2,1-2H3/b20-13-. The number of hydrogen-bond acceptors (Lipinski definition) is 3. The molecule has 2 aromatic carbocycles. The number of carbonyl (C=O) groups is 1. The average Bonchev–Trinajstić information content (AvgIpc) is 3.19. The number of thioether (sulfide) groups is 1. The third-order valence-electron chi connectivity index (χ3n) is 5.07. The van der Waals surface area contributed by atoms with Gasteiger partial charge in [0.25, 0.3) is 5.91 Å². The molecule has 1 saturated heterocycles. The van der Waals surface area contributed by atoms with E-state index in [4.69, 9.17) is 12.2 Å². The van der Waals surface area contributed by atoms with Crippen molar-refractivity contribution in [2.75, 3.05) is 6.54 Å². The Morgan fingerprint density at radius 1 is 1.07 bits per heavy atom. The van der Waals surface area contributed by atoms with Crippen molar-refractivity contribution in [1.82, 2.24) is 9.47 Å². The van der Waals surface area contributed by atoms with Crippen LogP contribution < -0.4 is 0 Å². The Morgan fingerprint density at radius 2 is 1.86 bits per heavy atom. The minimum absolute atomic E-state index is 0.00751. The van der Waals surface area contributed by atoms with E-state index in [-0.39, 0.29) is 5.91 Å². The number of para-hydroxylation sites is 1. The Hall–Kier alpha value is -2.37. The second kappa shape index (κ2) is 7.94. The molecule has 3 aromatic rings. The Morgan fingerprint density at radius 3 is 2.54 bits per heavy atom. The van der Waals surface area contributed by atoms with Crippen molar-refractivity contribution in [2.24, 2.45) is 0 Å². The molecule has 1 aromatic heterocycles. The molecule has 3 nitrogen and oxygen atoms in total.